The molecule has 5 heteroatoms. The molecule has 0 saturated carbocycles. The van der Waals surface area contributed by atoms with Crippen LogP contribution >= 0.6 is 11.3 Å². The molecule has 0 aliphatic carbocycles. The van der Waals surface area contributed by atoms with Gasteiger partial charge in [0.15, 0.2) is 0 Å². The molecule has 3 rings (SSSR count). The third-order valence-electron chi connectivity index (χ3n) is 3.68. The van der Waals surface area contributed by atoms with Crippen LogP contribution in [0.3, 0.4) is 0 Å². The largest absolute Gasteiger partial charge is 0.497 e. The van der Waals surface area contributed by atoms with Crippen LogP contribution in [-0.2, 0) is 0 Å². The number of nitrogens with zero attached hydrogens (tertiary/aromatic N) is 1. The first-order valence-electron chi connectivity index (χ1n) is 6.80. The number of benzene rings is 1. The van der Waals surface area contributed by atoms with Gasteiger partial charge in [-0.15, -0.1) is 11.3 Å². The quantitative estimate of drug-likeness (QED) is 0.948. The number of ether oxygens (including phenoxy) is 1. The lowest BCUT2D eigenvalue weighted by Crippen LogP contribution is -2.53. The summed E-state index contributed by atoms with van der Waals surface area (Å²) in [5.41, 5.74) is 2.15. The minimum Gasteiger partial charge on any atom is -0.497 e. The average Bonchev–Trinajstić information content (AvgIpc) is 2.85. The number of aliphatic hydroxyl groups is 1. The van der Waals surface area contributed by atoms with Crippen molar-refractivity contribution in [3.05, 3.63) is 40.1 Å². The van der Waals surface area contributed by atoms with Gasteiger partial charge in [-0.25, -0.2) is 0 Å². The van der Waals surface area contributed by atoms with Gasteiger partial charge in [0.25, 0.3) is 5.91 Å². The number of amides is 1. The Morgan fingerprint density at radius 1 is 1.33 bits per heavy atom. The number of carbonyl (C=O) groups is 1. The maximum Gasteiger partial charge on any atom is 0.264 e. The SMILES string of the molecule is COc1ccc(-c2cc(C(=O)N3CC(O)C3)sc2C)cc1. The van der Waals surface area contributed by atoms with Crippen molar-refractivity contribution in [3.63, 3.8) is 0 Å². The molecule has 1 amide bonds. The van der Waals surface area contributed by atoms with E-state index in [1.54, 1.807) is 12.0 Å². The molecule has 0 atom stereocenters. The summed E-state index contributed by atoms with van der Waals surface area (Å²) in [4.78, 5) is 15.8. The van der Waals surface area contributed by atoms with Crippen LogP contribution in [0.2, 0.25) is 0 Å². The van der Waals surface area contributed by atoms with Gasteiger partial charge in [0, 0.05) is 18.0 Å². The summed E-state index contributed by atoms with van der Waals surface area (Å²) in [7, 11) is 1.64. The molecule has 1 saturated heterocycles. The lowest BCUT2D eigenvalue weighted by molar-refractivity contribution is 0.00623. The van der Waals surface area contributed by atoms with E-state index in [1.165, 1.54) is 11.3 Å². The molecule has 21 heavy (non-hydrogen) atoms. The van der Waals surface area contributed by atoms with Crippen LogP contribution in [0.25, 0.3) is 11.1 Å². The van der Waals surface area contributed by atoms with E-state index in [4.69, 9.17) is 4.74 Å². The van der Waals surface area contributed by atoms with E-state index < -0.39 is 0 Å². The molecule has 1 fully saturated rings. The number of likely N-dealkylation sites (tertiary alicyclic amines) is 1. The van der Waals surface area contributed by atoms with E-state index in [0.717, 1.165) is 26.6 Å². The molecule has 1 N–H and O–H groups in total. The van der Waals surface area contributed by atoms with Crippen LogP contribution < -0.4 is 4.74 Å². The highest BCUT2D eigenvalue weighted by Gasteiger charge is 2.30. The summed E-state index contributed by atoms with van der Waals surface area (Å²) in [6.07, 6.45) is -0.365. The van der Waals surface area contributed by atoms with Crippen molar-refractivity contribution in [2.45, 2.75) is 13.0 Å². The monoisotopic (exact) mass is 303 g/mol. The fraction of sp³-hybridized carbons (Fsp3) is 0.312. The first-order valence-corrected chi connectivity index (χ1v) is 7.62. The summed E-state index contributed by atoms with van der Waals surface area (Å²) in [5.74, 6) is 0.825. The van der Waals surface area contributed by atoms with Crippen LogP contribution in [0, 0.1) is 6.92 Å². The number of methoxy groups -OCH3 is 1. The highest BCUT2D eigenvalue weighted by atomic mass is 32.1. The Balaban J connectivity index is 1.85. The topological polar surface area (TPSA) is 49.8 Å². The van der Waals surface area contributed by atoms with E-state index in [0.29, 0.717) is 13.1 Å². The van der Waals surface area contributed by atoms with Crippen LogP contribution in [-0.4, -0.2) is 42.2 Å². The van der Waals surface area contributed by atoms with Gasteiger partial charge in [-0.05, 0) is 36.2 Å². The zero-order valence-electron chi connectivity index (χ0n) is 12.0. The molecule has 2 aromatic rings. The second-order valence-electron chi connectivity index (χ2n) is 5.17. The number of thiophene rings is 1. The van der Waals surface area contributed by atoms with Crippen molar-refractivity contribution in [3.8, 4) is 16.9 Å². The Kier molecular flexibility index (Phi) is 3.69. The van der Waals surface area contributed by atoms with E-state index in [9.17, 15) is 9.90 Å². The molecule has 1 aliphatic heterocycles. The molecule has 0 spiro atoms. The second-order valence-corrected chi connectivity index (χ2v) is 6.43. The van der Waals surface area contributed by atoms with Gasteiger partial charge in [-0.2, -0.15) is 0 Å². The Labute approximate surface area is 127 Å². The third-order valence-corrected chi connectivity index (χ3v) is 4.72. The molecule has 110 valence electrons. The summed E-state index contributed by atoms with van der Waals surface area (Å²) >= 11 is 1.50. The zero-order valence-corrected chi connectivity index (χ0v) is 12.8. The van der Waals surface area contributed by atoms with Gasteiger partial charge in [0.05, 0.1) is 18.1 Å². The molecular weight excluding hydrogens is 286 g/mol. The fourth-order valence-electron chi connectivity index (χ4n) is 2.42. The van der Waals surface area contributed by atoms with Crippen LogP contribution in [0.5, 0.6) is 5.75 Å². The average molecular weight is 303 g/mol. The van der Waals surface area contributed by atoms with E-state index in [-0.39, 0.29) is 12.0 Å². The van der Waals surface area contributed by atoms with Crippen molar-refractivity contribution < 1.29 is 14.6 Å². The molecule has 1 aliphatic rings. The van der Waals surface area contributed by atoms with Crippen molar-refractivity contribution in [2.75, 3.05) is 20.2 Å². The molecular formula is C16H17NO3S. The minimum atomic E-state index is -0.365. The Morgan fingerprint density at radius 3 is 2.57 bits per heavy atom. The van der Waals surface area contributed by atoms with E-state index >= 15 is 0 Å². The van der Waals surface area contributed by atoms with Crippen molar-refractivity contribution >= 4 is 17.2 Å². The Bertz CT molecular complexity index is 657. The highest BCUT2D eigenvalue weighted by Crippen LogP contribution is 2.33. The van der Waals surface area contributed by atoms with Gasteiger partial charge < -0.3 is 14.7 Å². The normalized spacial score (nSPS) is 14.9. The molecule has 0 radical (unpaired) electrons. The zero-order chi connectivity index (χ0) is 15.0. The lowest BCUT2D eigenvalue weighted by Gasteiger charge is -2.35. The number of aliphatic hydroxyl groups excluding tert-OH is 1. The standard InChI is InChI=1S/C16H17NO3S/c1-10-14(11-3-5-13(20-2)6-4-11)7-15(21-10)16(19)17-8-12(18)9-17/h3-7,12,18H,8-9H2,1-2H3. The highest BCUT2D eigenvalue weighted by molar-refractivity contribution is 7.14. The van der Waals surface area contributed by atoms with Crippen molar-refractivity contribution in [1.82, 2.24) is 4.90 Å². The van der Waals surface area contributed by atoms with Gasteiger partial charge in [-0.3, -0.25) is 4.79 Å². The fourth-order valence-corrected chi connectivity index (χ4v) is 3.43. The predicted molar refractivity (Wildman–Crippen MR) is 83.0 cm³/mol. The minimum absolute atomic E-state index is 0.00756. The number of carbonyl (C=O) groups excluding carboxylic acids is 1. The summed E-state index contributed by atoms with van der Waals surface area (Å²) in [6, 6.07) is 9.76. The van der Waals surface area contributed by atoms with Crippen molar-refractivity contribution in [2.24, 2.45) is 0 Å². The van der Waals surface area contributed by atoms with E-state index in [2.05, 4.69) is 0 Å². The first-order chi connectivity index (χ1) is 10.1. The molecule has 1 aromatic heterocycles. The van der Waals surface area contributed by atoms with Crippen molar-refractivity contribution in [1.29, 1.82) is 0 Å². The maximum absolute atomic E-state index is 12.3. The lowest BCUT2D eigenvalue weighted by atomic mass is 10.1. The van der Waals surface area contributed by atoms with Gasteiger partial charge >= 0.3 is 0 Å². The van der Waals surface area contributed by atoms with Crippen LogP contribution in [0.15, 0.2) is 30.3 Å². The van der Waals surface area contributed by atoms with Gasteiger partial charge in [-0.1, -0.05) is 12.1 Å². The summed E-state index contributed by atoms with van der Waals surface area (Å²) in [6.45, 7) is 2.90. The number of hydrogen-bond acceptors (Lipinski definition) is 4. The smallest absolute Gasteiger partial charge is 0.264 e. The van der Waals surface area contributed by atoms with Gasteiger partial charge in [0.2, 0.25) is 0 Å². The number of rotatable bonds is 3. The molecule has 0 bridgehead atoms. The Morgan fingerprint density at radius 2 is 2.00 bits per heavy atom. The molecule has 4 nitrogen and oxygen atoms in total. The number of aryl methyl sites for hydroxylation is 1. The summed E-state index contributed by atoms with van der Waals surface area (Å²) < 4.78 is 5.16. The van der Waals surface area contributed by atoms with Crippen LogP contribution in [0.4, 0.5) is 0 Å². The number of hydrogen-bond donors (Lipinski definition) is 1. The third kappa shape index (κ3) is 2.66. The molecule has 0 unspecified atom stereocenters. The maximum atomic E-state index is 12.3. The number of β-amino-alcohol motifs (C(OH)–C–C–N with tert-alkyl or cyclic N) is 1. The summed E-state index contributed by atoms with van der Waals surface area (Å²) in [5, 5.41) is 9.30. The van der Waals surface area contributed by atoms with Crippen LogP contribution in [0.1, 0.15) is 14.5 Å². The van der Waals surface area contributed by atoms with E-state index in [1.807, 2.05) is 37.3 Å². The van der Waals surface area contributed by atoms with Gasteiger partial charge in [0.1, 0.15) is 5.75 Å². The Hall–Kier alpha value is -1.85. The predicted octanol–water partition coefficient (Wildman–Crippen LogP) is 2.55. The molecule has 2 heterocycles. The second kappa shape index (κ2) is 5.50. The first kappa shape index (κ1) is 14.1. The molecule has 1 aromatic carbocycles.